The van der Waals surface area contributed by atoms with Gasteiger partial charge in [0.05, 0.1) is 12.2 Å². The van der Waals surface area contributed by atoms with E-state index < -0.39 is 15.9 Å². The molecule has 174 valence electrons. The highest BCUT2D eigenvalue weighted by Gasteiger charge is 2.37. The van der Waals surface area contributed by atoms with Gasteiger partial charge in [-0.3, -0.25) is 4.79 Å². The van der Waals surface area contributed by atoms with Crippen LogP contribution in [0.3, 0.4) is 0 Å². The Hall–Kier alpha value is -3.17. The lowest BCUT2D eigenvalue weighted by molar-refractivity contribution is -0.120. The number of hydrogen-bond donors (Lipinski definition) is 1. The van der Waals surface area contributed by atoms with Crippen LogP contribution in [-0.2, 0) is 14.8 Å². The van der Waals surface area contributed by atoms with E-state index in [9.17, 15) is 13.2 Å². The Morgan fingerprint density at radius 1 is 1.21 bits per heavy atom. The Balaban J connectivity index is 1.53. The third-order valence-corrected chi connectivity index (χ3v) is 7.79. The van der Waals surface area contributed by atoms with Crippen molar-refractivity contribution in [3.63, 3.8) is 0 Å². The van der Waals surface area contributed by atoms with Gasteiger partial charge >= 0.3 is 0 Å². The van der Waals surface area contributed by atoms with Crippen molar-refractivity contribution in [2.45, 2.75) is 38.5 Å². The quantitative estimate of drug-likeness (QED) is 0.574. The van der Waals surface area contributed by atoms with E-state index in [1.807, 2.05) is 32.0 Å². The van der Waals surface area contributed by atoms with Crippen molar-refractivity contribution in [3.8, 4) is 0 Å². The second-order valence-electron chi connectivity index (χ2n) is 8.32. The van der Waals surface area contributed by atoms with Crippen molar-refractivity contribution in [2.75, 3.05) is 18.4 Å². The first-order chi connectivity index (χ1) is 15.8. The SMILES string of the molecule is Cc1ccc(NC(=O)C2CCCN(S(=O)(=O)c3c(C)noc3/C=C/c3ccco3)C2)c(C)c1. The highest BCUT2D eigenvalue weighted by atomic mass is 32.2. The van der Waals surface area contributed by atoms with Gasteiger partial charge in [-0.15, -0.1) is 0 Å². The van der Waals surface area contributed by atoms with E-state index in [1.54, 1.807) is 25.1 Å². The first-order valence-corrected chi connectivity index (χ1v) is 12.3. The van der Waals surface area contributed by atoms with Gasteiger partial charge in [-0.1, -0.05) is 22.9 Å². The Bertz CT molecular complexity index is 1280. The maximum absolute atomic E-state index is 13.5. The van der Waals surface area contributed by atoms with Crippen LogP contribution < -0.4 is 5.32 Å². The predicted octanol–water partition coefficient (Wildman–Crippen LogP) is 4.40. The van der Waals surface area contributed by atoms with Crippen LogP contribution in [0.4, 0.5) is 5.69 Å². The molecule has 4 rings (SSSR count). The average molecular weight is 470 g/mol. The zero-order valence-electron chi connectivity index (χ0n) is 18.9. The van der Waals surface area contributed by atoms with Gasteiger partial charge in [-0.05, 0) is 69.5 Å². The van der Waals surface area contributed by atoms with Crippen LogP contribution in [0.15, 0.2) is 50.4 Å². The average Bonchev–Trinajstić information content (AvgIpc) is 3.44. The van der Waals surface area contributed by atoms with Crippen molar-refractivity contribution >= 4 is 33.8 Å². The van der Waals surface area contributed by atoms with Gasteiger partial charge in [0.1, 0.15) is 11.5 Å². The molecule has 1 fully saturated rings. The molecule has 0 saturated carbocycles. The van der Waals surface area contributed by atoms with Gasteiger partial charge in [0, 0.05) is 18.8 Å². The van der Waals surface area contributed by atoms with E-state index in [0.717, 1.165) is 16.8 Å². The molecule has 2 aromatic heterocycles. The van der Waals surface area contributed by atoms with Crippen molar-refractivity contribution < 1.29 is 22.2 Å². The second-order valence-corrected chi connectivity index (χ2v) is 10.2. The van der Waals surface area contributed by atoms with Crippen molar-refractivity contribution in [3.05, 3.63) is 64.9 Å². The lowest BCUT2D eigenvalue weighted by Gasteiger charge is -2.31. The summed E-state index contributed by atoms with van der Waals surface area (Å²) in [6.07, 6.45) is 5.89. The number of piperidine rings is 1. The van der Waals surface area contributed by atoms with Gasteiger partial charge in [0.25, 0.3) is 0 Å². The number of carbonyl (C=O) groups excluding carboxylic acids is 1. The van der Waals surface area contributed by atoms with Crippen molar-refractivity contribution in [1.29, 1.82) is 0 Å². The number of hydrogen-bond acceptors (Lipinski definition) is 6. The van der Waals surface area contributed by atoms with E-state index in [2.05, 4.69) is 10.5 Å². The summed E-state index contributed by atoms with van der Waals surface area (Å²) < 4.78 is 38.9. The largest absolute Gasteiger partial charge is 0.465 e. The number of aryl methyl sites for hydroxylation is 3. The van der Waals surface area contributed by atoms with Gasteiger partial charge in [-0.2, -0.15) is 4.31 Å². The van der Waals surface area contributed by atoms with E-state index in [1.165, 1.54) is 16.6 Å². The van der Waals surface area contributed by atoms with Crippen LogP contribution in [0.5, 0.6) is 0 Å². The fraction of sp³-hybridized carbons (Fsp3) is 0.333. The summed E-state index contributed by atoms with van der Waals surface area (Å²) in [6.45, 7) is 5.96. The van der Waals surface area contributed by atoms with E-state index in [0.29, 0.717) is 25.1 Å². The summed E-state index contributed by atoms with van der Waals surface area (Å²) in [4.78, 5) is 13.0. The number of anilines is 1. The normalized spacial score (nSPS) is 17.5. The molecular formula is C24H27N3O5S. The van der Waals surface area contributed by atoms with Gasteiger partial charge in [0.15, 0.2) is 10.7 Å². The summed E-state index contributed by atoms with van der Waals surface area (Å²) in [6, 6.07) is 9.29. The number of sulfonamides is 1. The summed E-state index contributed by atoms with van der Waals surface area (Å²) >= 11 is 0. The number of aromatic nitrogens is 1. The van der Waals surface area contributed by atoms with Crippen molar-refractivity contribution in [1.82, 2.24) is 9.46 Å². The minimum atomic E-state index is -3.91. The van der Waals surface area contributed by atoms with Gasteiger partial charge < -0.3 is 14.3 Å². The van der Waals surface area contributed by atoms with E-state index >= 15 is 0 Å². The zero-order chi connectivity index (χ0) is 23.6. The number of rotatable bonds is 6. The molecule has 3 aromatic rings. The lowest BCUT2D eigenvalue weighted by Crippen LogP contribution is -2.44. The first-order valence-electron chi connectivity index (χ1n) is 10.8. The van der Waals surface area contributed by atoms with Gasteiger partial charge in [-0.25, -0.2) is 8.42 Å². The number of amides is 1. The minimum Gasteiger partial charge on any atom is -0.465 e. The number of nitrogens with zero attached hydrogens (tertiary/aromatic N) is 2. The molecule has 9 heteroatoms. The monoisotopic (exact) mass is 469 g/mol. The third kappa shape index (κ3) is 4.94. The van der Waals surface area contributed by atoms with E-state index in [4.69, 9.17) is 8.94 Å². The summed E-state index contributed by atoms with van der Waals surface area (Å²) in [5, 5.41) is 6.82. The molecule has 1 aliphatic rings. The standard InChI is InChI=1S/C24H27N3O5S/c1-16-8-10-21(17(2)14-16)25-24(28)19-6-4-12-27(15-19)33(29,30)23-18(3)26-32-22(23)11-9-20-7-5-13-31-20/h5,7-11,13-14,19H,4,6,12,15H2,1-3H3,(H,25,28)/b11-9+. The van der Waals surface area contributed by atoms with Crippen LogP contribution in [0, 0.1) is 26.7 Å². The van der Waals surface area contributed by atoms with Gasteiger partial charge in [0.2, 0.25) is 15.9 Å². The first kappa shape index (κ1) is 23.0. The molecule has 0 bridgehead atoms. The molecule has 0 aliphatic carbocycles. The molecule has 0 radical (unpaired) electrons. The number of furan rings is 1. The minimum absolute atomic E-state index is 0.0146. The molecule has 1 aliphatic heterocycles. The Kier molecular flexibility index (Phi) is 6.53. The van der Waals surface area contributed by atoms with E-state index in [-0.39, 0.29) is 28.8 Å². The smallest absolute Gasteiger partial charge is 0.248 e. The fourth-order valence-corrected chi connectivity index (χ4v) is 5.81. The number of carbonyl (C=O) groups is 1. The van der Waals surface area contributed by atoms with Crippen LogP contribution in [0.2, 0.25) is 0 Å². The molecule has 8 nitrogen and oxygen atoms in total. The lowest BCUT2D eigenvalue weighted by atomic mass is 9.98. The number of benzene rings is 1. The van der Waals surface area contributed by atoms with Crippen LogP contribution in [0.25, 0.3) is 12.2 Å². The molecular weight excluding hydrogens is 442 g/mol. The second kappa shape index (κ2) is 9.36. The zero-order valence-corrected chi connectivity index (χ0v) is 19.7. The Morgan fingerprint density at radius 3 is 2.76 bits per heavy atom. The molecule has 1 N–H and O–H groups in total. The maximum Gasteiger partial charge on any atom is 0.248 e. The molecule has 1 atom stereocenters. The summed E-state index contributed by atoms with van der Waals surface area (Å²) in [7, 11) is -3.91. The van der Waals surface area contributed by atoms with Crippen LogP contribution >= 0.6 is 0 Å². The summed E-state index contributed by atoms with van der Waals surface area (Å²) in [5.74, 6) is 0.0672. The molecule has 3 heterocycles. The Labute approximate surface area is 193 Å². The maximum atomic E-state index is 13.5. The Morgan fingerprint density at radius 2 is 2.03 bits per heavy atom. The molecule has 1 aromatic carbocycles. The summed E-state index contributed by atoms with van der Waals surface area (Å²) in [5.41, 5.74) is 3.10. The third-order valence-electron chi connectivity index (χ3n) is 5.77. The van der Waals surface area contributed by atoms with Crippen LogP contribution in [0.1, 0.15) is 41.2 Å². The molecule has 1 unspecified atom stereocenters. The number of nitrogens with one attached hydrogen (secondary N) is 1. The van der Waals surface area contributed by atoms with Crippen LogP contribution in [-0.4, -0.2) is 36.9 Å². The molecule has 0 spiro atoms. The molecule has 1 amide bonds. The highest BCUT2D eigenvalue weighted by molar-refractivity contribution is 7.89. The molecule has 1 saturated heterocycles. The molecule has 33 heavy (non-hydrogen) atoms. The fourth-order valence-electron chi connectivity index (χ4n) is 4.04. The topological polar surface area (TPSA) is 106 Å². The highest BCUT2D eigenvalue weighted by Crippen LogP contribution is 2.30. The van der Waals surface area contributed by atoms with Crippen molar-refractivity contribution in [2.24, 2.45) is 5.92 Å². The predicted molar refractivity (Wildman–Crippen MR) is 125 cm³/mol.